The summed E-state index contributed by atoms with van der Waals surface area (Å²) >= 11 is 0. The molecule has 0 heterocycles. The van der Waals surface area contributed by atoms with Crippen LogP contribution in [0.2, 0.25) is 0 Å². The van der Waals surface area contributed by atoms with E-state index < -0.39 is 0 Å². The van der Waals surface area contributed by atoms with Crippen molar-refractivity contribution in [1.82, 2.24) is 0 Å². The van der Waals surface area contributed by atoms with Crippen molar-refractivity contribution in [1.29, 1.82) is 0 Å². The van der Waals surface area contributed by atoms with Gasteiger partial charge in [-0.2, -0.15) is 0 Å². The van der Waals surface area contributed by atoms with Crippen molar-refractivity contribution in [2.75, 3.05) is 6.61 Å². The Morgan fingerprint density at radius 1 is 0.879 bits per heavy atom. The van der Waals surface area contributed by atoms with Gasteiger partial charge < -0.3 is 4.74 Å². The first-order valence-corrected chi connectivity index (χ1v) is 12.4. The van der Waals surface area contributed by atoms with E-state index in [0.717, 1.165) is 47.6 Å². The molecule has 0 spiro atoms. The van der Waals surface area contributed by atoms with Gasteiger partial charge in [0.05, 0.1) is 6.61 Å². The first-order valence-electron chi connectivity index (χ1n) is 12.4. The zero-order valence-corrected chi connectivity index (χ0v) is 19.7. The molecule has 0 amide bonds. The number of rotatable bonds is 9. The first kappa shape index (κ1) is 23.4. The molecule has 0 atom stereocenters. The van der Waals surface area contributed by atoms with Gasteiger partial charge in [0.15, 0.2) is 0 Å². The quantitative estimate of drug-likeness (QED) is 0.237. The number of ether oxygens (including phenoxy) is 1. The van der Waals surface area contributed by atoms with Crippen LogP contribution in [0, 0.1) is 11.7 Å². The van der Waals surface area contributed by atoms with Crippen molar-refractivity contribution >= 4 is 0 Å². The molecular formula is C31H35FO. The Morgan fingerprint density at radius 2 is 1.55 bits per heavy atom. The van der Waals surface area contributed by atoms with Crippen LogP contribution in [0.4, 0.5) is 4.39 Å². The highest BCUT2D eigenvalue weighted by Gasteiger charge is 2.21. The minimum Gasteiger partial charge on any atom is -0.377 e. The molecule has 172 valence electrons. The maximum absolute atomic E-state index is 15.0. The van der Waals surface area contributed by atoms with E-state index in [2.05, 4.69) is 43.8 Å². The number of allylic oxidation sites excluding steroid dienone is 1. The lowest BCUT2D eigenvalue weighted by Crippen LogP contribution is -2.12. The molecular weight excluding hydrogens is 407 g/mol. The lowest BCUT2D eigenvalue weighted by Gasteiger charge is -2.28. The van der Waals surface area contributed by atoms with Gasteiger partial charge in [-0.25, -0.2) is 4.39 Å². The van der Waals surface area contributed by atoms with E-state index >= 15 is 4.39 Å². The van der Waals surface area contributed by atoms with Gasteiger partial charge in [0.1, 0.15) is 5.82 Å². The van der Waals surface area contributed by atoms with E-state index in [-0.39, 0.29) is 5.82 Å². The Morgan fingerprint density at radius 3 is 2.18 bits per heavy atom. The minimum absolute atomic E-state index is 0.188. The van der Waals surface area contributed by atoms with Crippen LogP contribution in [0.1, 0.15) is 62.5 Å². The molecule has 1 aliphatic carbocycles. The Hall–Kier alpha value is -2.71. The summed E-state index contributed by atoms with van der Waals surface area (Å²) in [5.74, 6) is 1.27. The van der Waals surface area contributed by atoms with E-state index in [0.29, 0.717) is 18.1 Å². The summed E-state index contributed by atoms with van der Waals surface area (Å²) < 4.78 is 20.6. The zero-order valence-electron chi connectivity index (χ0n) is 19.7. The molecule has 33 heavy (non-hydrogen) atoms. The largest absolute Gasteiger partial charge is 0.377 e. The summed E-state index contributed by atoms with van der Waals surface area (Å²) in [5.41, 5.74) is 6.03. The van der Waals surface area contributed by atoms with Crippen LogP contribution in [0.25, 0.3) is 22.3 Å². The molecule has 1 saturated carbocycles. The normalized spacial score (nSPS) is 18.2. The molecule has 0 N–H and O–H groups in total. The van der Waals surface area contributed by atoms with E-state index in [9.17, 15) is 0 Å². The average molecular weight is 443 g/mol. The van der Waals surface area contributed by atoms with Crippen LogP contribution < -0.4 is 0 Å². The Labute approximate surface area is 198 Å². The highest BCUT2D eigenvalue weighted by atomic mass is 19.1. The highest BCUT2D eigenvalue weighted by molar-refractivity contribution is 5.71. The number of hydrogen-bond donors (Lipinski definition) is 0. The Bertz CT molecular complexity index is 1030. The second-order valence-electron chi connectivity index (χ2n) is 9.31. The summed E-state index contributed by atoms with van der Waals surface area (Å²) in [7, 11) is 0. The Kier molecular flexibility index (Phi) is 8.12. The fraction of sp³-hybridized carbons (Fsp3) is 0.355. The summed E-state index contributed by atoms with van der Waals surface area (Å²) in [4.78, 5) is 0. The van der Waals surface area contributed by atoms with Crippen molar-refractivity contribution in [2.24, 2.45) is 5.92 Å². The molecule has 0 aliphatic heterocycles. The van der Waals surface area contributed by atoms with Crippen LogP contribution >= 0.6 is 0 Å². The topological polar surface area (TPSA) is 9.23 Å². The monoisotopic (exact) mass is 442 g/mol. The van der Waals surface area contributed by atoms with Crippen LogP contribution in [0.3, 0.4) is 0 Å². The lowest BCUT2D eigenvalue weighted by molar-refractivity contribution is 0.121. The molecule has 0 bridgehead atoms. The first-order chi connectivity index (χ1) is 16.2. The fourth-order valence-corrected chi connectivity index (χ4v) is 4.96. The molecule has 0 aromatic heterocycles. The molecule has 0 radical (unpaired) electrons. The smallest absolute Gasteiger partial charge is 0.131 e. The molecule has 1 aliphatic rings. The van der Waals surface area contributed by atoms with Crippen molar-refractivity contribution < 1.29 is 9.13 Å². The zero-order chi connectivity index (χ0) is 23.0. The predicted octanol–water partition coefficient (Wildman–Crippen LogP) is 8.94. The standard InChI is InChI=1S/C31H35FO/c1-3-5-23-6-10-25(11-7-23)26-14-16-27(17-15-26)29-18-19-30(31(32)21-29)28-12-8-24(9-13-28)22-33-20-4-2/h3,8-9,12-19,21,23,25H,1,4-7,10-11,20,22H2,2H3. The molecule has 1 fully saturated rings. The average Bonchev–Trinajstić information content (AvgIpc) is 2.86. The highest BCUT2D eigenvalue weighted by Crippen LogP contribution is 2.38. The molecule has 0 saturated heterocycles. The van der Waals surface area contributed by atoms with E-state index in [1.807, 2.05) is 36.4 Å². The van der Waals surface area contributed by atoms with Gasteiger partial charge >= 0.3 is 0 Å². The molecule has 2 heteroatoms. The van der Waals surface area contributed by atoms with Crippen molar-refractivity contribution in [3.8, 4) is 22.3 Å². The molecule has 3 aromatic carbocycles. The second-order valence-corrected chi connectivity index (χ2v) is 9.31. The predicted molar refractivity (Wildman–Crippen MR) is 137 cm³/mol. The summed E-state index contributed by atoms with van der Waals surface area (Å²) in [6, 6.07) is 22.3. The summed E-state index contributed by atoms with van der Waals surface area (Å²) in [6.07, 6.45) is 9.30. The van der Waals surface area contributed by atoms with Crippen molar-refractivity contribution in [2.45, 2.75) is 58.0 Å². The molecule has 1 nitrogen and oxygen atoms in total. The lowest BCUT2D eigenvalue weighted by atomic mass is 9.77. The van der Waals surface area contributed by atoms with Crippen LogP contribution in [-0.4, -0.2) is 6.61 Å². The van der Waals surface area contributed by atoms with Gasteiger partial charge in [0.2, 0.25) is 0 Å². The fourth-order valence-electron chi connectivity index (χ4n) is 4.96. The third-order valence-electron chi connectivity index (χ3n) is 6.91. The van der Waals surface area contributed by atoms with Gasteiger partial charge in [0, 0.05) is 12.2 Å². The van der Waals surface area contributed by atoms with Crippen LogP contribution in [0.5, 0.6) is 0 Å². The second kappa shape index (κ2) is 11.4. The van der Waals surface area contributed by atoms with Crippen LogP contribution in [0.15, 0.2) is 79.4 Å². The molecule has 4 rings (SSSR count). The van der Waals surface area contributed by atoms with Crippen molar-refractivity contribution in [3.05, 3.63) is 96.3 Å². The molecule has 3 aromatic rings. The number of hydrogen-bond acceptors (Lipinski definition) is 1. The van der Waals surface area contributed by atoms with Crippen molar-refractivity contribution in [3.63, 3.8) is 0 Å². The van der Waals surface area contributed by atoms with E-state index in [4.69, 9.17) is 4.74 Å². The summed E-state index contributed by atoms with van der Waals surface area (Å²) in [6.45, 7) is 7.34. The number of halogens is 1. The SMILES string of the molecule is C=CCC1CCC(c2ccc(-c3ccc(-c4ccc(COCCC)cc4)c(F)c3)cc2)CC1. The number of benzene rings is 3. The van der Waals surface area contributed by atoms with Gasteiger partial charge in [-0.3, -0.25) is 0 Å². The Balaban J connectivity index is 1.42. The van der Waals surface area contributed by atoms with E-state index in [1.54, 1.807) is 6.07 Å². The van der Waals surface area contributed by atoms with Gasteiger partial charge in [-0.1, -0.05) is 73.7 Å². The van der Waals surface area contributed by atoms with Gasteiger partial charge in [-0.15, -0.1) is 6.58 Å². The molecule has 0 unspecified atom stereocenters. The third kappa shape index (κ3) is 6.00. The maximum Gasteiger partial charge on any atom is 0.131 e. The summed E-state index contributed by atoms with van der Waals surface area (Å²) in [5, 5.41) is 0. The maximum atomic E-state index is 15.0. The van der Waals surface area contributed by atoms with E-state index in [1.165, 1.54) is 31.2 Å². The van der Waals surface area contributed by atoms with Crippen LogP contribution in [-0.2, 0) is 11.3 Å². The third-order valence-corrected chi connectivity index (χ3v) is 6.91. The minimum atomic E-state index is -0.188. The van der Waals surface area contributed by atoms with Gasteiger partial charge in [-0.05, 0) is 84.2 Å². The van der Waals surface area contributed by atoms with Gasteiger partial charge in [0.25, 0.3) is 0 Å².